The Balaban J connectivity index is 1.69. The SMILES string of the molecule is CC(Oc1ccc(C#N)cc1)C(=O)Nc1ccc(C(C#N)c2ccccc2)c(Cl)c1. The number of benzene rings is 3. The first kappa shape index (κ1) is 20.9. The summed E-state index contributed by atoms with van der Waals surface area (Å²) in [5.41, 5.74) is 2.54. The monoisotopic (exact) mass is 415 g/mol. The average molecular weight is 416 g/mol. The molecule has 0 radical (unpaired) electrons. The third-order valence-corrected chi connectivity index (χ3v) is 4.83. The minimum atomic E-state index is -0.757. The van der Waals surface area contributed by atoms with E-state index in [4.69, 9.17) is 21.6 Å². The van der Waals surface area contributed by atoms with E-state index in [1.165, 1.54) is 0 Å². The number of hydrogen-bond donors (Lipinski definition) is 1. The van der Waals surface area contributed by atoms with Crippen molar-refractivity contribution in [1.29, 1.82) is 10.5 Å². The van der Waals surface area contributed by atoms with Crippen LogP contribution in [0.25, 0.3) is 0 Å². The molecule has 3 aromatic carbocycles. The van der Waals surface area contributed by atoms with E-state index >= 15 is 0 Å². The van der Waals surface area contributed by atoms with Crippen molar-refractivity contribution in [2.75, 3.05) is 5.32 Å². The van der Waals surface area contributed by atoms with Crippen LogP contribution in [-0.4, -0.2) is 12.0 Å². The molecule has 30 heavy (non-hydrogen) atoms. The van der Waals surface area contributed by atoms with E-state index in [9.17, 15) is 10.1 Å². The van der Waals surface area contributed by atoms with Gasteiger partial charge in [0.1, 0.15) is 5.75 Å². The minimum absolute atomic E-state index is 0.344. The first-order chi connectivity index (χ1) is 14.5. The molecule has 6 heteroatoms. The van der Waals surface area contributed by atoms with Crippen LogP contribution in [0.4, 0.5) is 5.69 Å². The zero-order valence-electron chi connectivity index (χ0n) is 16.2. The molecule has 5 nitrogen and oxygen atoms in total. The van der Waals surface area contributed by atoms with Crippen molar-refractivity contribution in [3.63, 3.8) is 0 Å². The fourth-order valence-corrected chi connectivity index (χ4v) is 3.21. The minimum Gasteiger partial charge on any atom is -0.481 e. The smallest absolute Gasteiger partial charge is 0.265 e. The van der Waals surface area contributed by atoms with Crippen LogP contribution in [0.1, 0.15) is 29.5 Å². The Morgan fingerprint density at radius 3 is 2.33 bits per heavy atom. The number of rotatable bonds is 6. The summed E-state index contributed by atoms with van der Waals surface area (Å²) in [6.07, 6.45) is -0.757. The highest BCUT2D eigenvalue weighted by Gasteiger charge is 2.19. The zero-order chi connectivity index (χ0) is 21.5. The molecule has 0 bridgehead atoms. The summed E-state index contributed by atoms with van der Waals surface area (Å²) in [4.78, 5) is 12.5. The van der Waals surface area contributed by atoms with Crippen molar-refractivity contribution in [3.8, 4) is 17.9 Å². The van der Waals surface area contributed by atoms with E-state index < -0.39 is 12.0 Å². The molecule has 0 aliphatic rings. The van der Waals surface area contributed by atoms with E-state index in [0.717, 1.165) is 5.56 Å². The molecular formula is C24H18ClN3O2. The lowest BCUT2D eigenvalue weighted by Crippen LogP contribution is -2.30. The van der Waals surface area contributed by atoms with Crippen molar-refractivity contribution >= 4 is 23.2 Å². The molecule has 0 aliphatic heterocycles. The maximum absolute atomic E-state index is 12.5. The van der Waals surface area contributed by atoms with E-state index in [1.54, 1.807) is 49.4 Å². The van der Waals surface area contributed by atoms with Crippen LogP contribution in [0.15, 0.2) is 72.8 Å². The van der Waals surface area contributed by atoms with Gasteiger partial charge >= 0.3 is 0 Å². The van der Waals surface area contributed by atoms with Gasteiger partial charge in [-0.1, -0.05) is 48.0 Å². The van der Waals surface area contributed by atoms with E-state index in [2.05, 4.69) is 11.4 Å². The second-order valence-corrected chi connectivity index (χ2v) is 7.00. The quantitative estimate of drug-likeness (QED) is 0.593. The van der Waals surface area contributed by atoms with Gasteiger partial charge in [-0.3, -0.25) is 4.79 Å². The second kappa shape index (κ2) is 9.60. The molecule has 3 aromatic rings. The van der Waals surface area contributed by atoms with Gasteiger partial charge in [0, 0.05) is 10.7 Å². The molecule has 0 saturated heterocycles. The third-order valence-electron chi connectivity index (χ3n) is 4.51. The van der Waals surface area contributed by atoms with Gasteiger partial charge in [-0.15, -0.1) is 0 Å². The Labute approximate surface area is 180 Å². The molecule has 148 valence electrons. The van der Waals surface area contributed by atoms with Gasteiger partial charge in [0.05, 0.1) is 23.6 Å². The average Bonchev–Trinajstić information content (AvgIpc) is 2.77. The number of carbonyl (C=O) groups is 1. The molecular weight excluding hydrogens is 398 g/mol. The number of carbonyl (C=O) groups excluding carboxylic acids is 1. The number of ether oxygens (including phenoxy) is 1. The lowest BCUT2D eigenvalue weighted by molar-refractivity contribution is -0.122. The predicted molar refractivity (Wildman–Crippen MR) is 115 cm³/mol. The molecule has 0 fully saturated rings. The Hall–Kier alpha value is -3.80. The van der Waals surface area contributed by atoms with Crippen molar-refractivity contribution in [3.05, 3.63) is 94.5 Å². The van der Waals surface area contributed by atoms with Crippen LogP contribution in [0.5, 0.6) is 5.75 Å². The van der Waals surface area contributed by atoms with Crippen LogP contribution in [0.3, 0.4) is 0 Å². The highest BCUT2D eigenvalue weighted by atomic mass is 35.5. The summed E-state index contributed by atoms with van der Waals surface area (Å²) in [6, 6.07) is 25.3. The lowest BCUT2D eigenvalue weighted by Gasteiger charge is -2.16. The summed E-state index contributed by atoms with van der Waals surface area (Å²) < 4.78 is 5.62. The fraction of sp³-hybridized carbons (Fsp3) is 0.125. The standard InChI is InChI=1S/C24H18ClN3O2/c1-16(30-20-10-7-17(14-26)8-11-20)24(29)28-19-9-12-21(23(25)13-19)22(15-27)18-5-3-2-4-6-18/h2-13,16,22H,1H3,(H,28,29). The van der Waals surface area contributed by atoms with Gasteiger partial charge in [-0.05, 0) is 54.4 Å². The molecule has 1 amide bonds. The van der Waals surface area contributed by atoms with Crippen LogP contribution in [0.2, 0.25) is 5.02 Å². The number of halogens is 1. The van der Waals surface area contributed by atoms with Crippen molar-refractivity contribution in [2.45, 2.75) is 18.9 Å². The number of nitrogens with zero attached hydrogens (tertiary/aromatic N) is 2. The van der Waals surface area contributed by atoms with Crippen LogP contribution in [-0.2, 0) is 4.79 Å². The maximum atomic E-state index is 12.5. The predicted octanol–water partition coefficient (Wildman–Crippen LogP) is 5.27. The third kappa shape index (κ3) is 4.97. The van der Waals surface area contributed by atoms with Crippen LogP contribution in [0, 0.1) is 22.7 Å². The summed E-state index contributed by atoms with van der Waals surface area (Å²) in [6.45, 7) is 1.63. The van der Waals surface area contributed by atoms with Crippen LogP contribution < -0.4 is 10.1 Å². The van der Waals surface area contributed by atoms with Gasteiger partial charge in [-0.25, -0.2) is 0 Å². The fourth-order valence-electron chi connectivity index (χ4n) is 2.92. The summed E-state index contributed by atoms with van der Waals surface area (Å²) in [5.74, 6) is -0.352. The van der Waals surface area contributed by atoms with Gasteiger partial charge in [-0.2, -0.15) is 10.5 Å². The number of hydrogen-bond acceptors (Lipinski definition) is 4. The molecule has 2 atom stereocenters. The molecule has 0 aliphatic carbocycles. The van der Waals surface area contributed by atoms with Gasteiger partial charge in [0.2, 0.25) is 0 Å². The molecule has 2 unspecified atom stereocenters. The molecule has 3 rings (SSSR count). The van der Waals surface area contributed by atoms with E-state index in [0.29, 0.717) is 27.6 Å². The second-order valence-electron chi connectivity index (χ2n) is 6.59. The highest BCUT2D eigenvalue weighted by Crippen LogP contribution is 2.31. The molecule has 0 aromatic heterocycles. The topological polar surface area (TPSA) is 85.9 Å². The molecule has 0 spiro atoms. The van der Waals surface area contributed by atoms with Crippen molar-refractivity contribution in [1.82, 2.24) is 0 Å². The van der Waals surface area contributed by atoms with Gasteiger partial charge < -0.3 is 10.1 Å². The Kier molecular flexibility index (Phi) is 6.70. The first-order valence-electron chi connectivity index (χ1n) is 9.23. The molecule has 0 heterocycles. The summed E-state index contributed by atoms with van der Waals surface area (Å²) in [5, 5.41) is 21.6. The normalized spacial score (nSPS) is 12.1. The number of nitrogens with one attached hydrogen (secondary N) is 1. The lowest BCUT2D eigenvalue weighted by atomic mass is 9.92. The number of nitriles is 2. The molecule has 0 saturated carbocycles. The zero-order valence-corrected chi connectivity index (χ0v) is 16.9. The van der Waals surface area contributed by atoms with Crippen molar-refractivity contribution in [2.24, 2.45) is 0 Å². The Morgan fingerprint density at radius 2 is 1.73 bits per heavy atom. The van der Waals surface area contributed by atoms with Crippen LogP contribution >= 0.6 is 11.6 Å². The Bertz CT molecular complexity index is 1120. The molecule has 1 N–H and O–H groups in total. The van der Waals surface area contributed by atoms with E-state index in [1.807, 2.05) is 36.4 Å². The van der Waals surface area contributed by atoms with Gasteiger partial charge in [0.25, 0.3) is 5.91 Å². The van der Waals surface area contributed by atoms with E-state index in [-0.39, 0.29) is 5.91 Å². The van der Waals surface area contributed by atoms with Crippen molar-refractivity contribution < 1.29 is 9.53 Å². The summed E-state index contributed by atoms with van der Waals surface area (Å²) in [7, 11) is 0. The Morgan fingerprint density at radius 1 is 1.03 bits per heavy atom. The number of anilines is 1. The largest absolute Gasteiger partial charge is 0.481 e. The highest BCUT2D eigenvalue weighted by molar-refractivity contribution is 6.31. The first-order valence-corrected chi connectivity index (χ1v) is 9.61. The maximum Gasteiger partial charge on any atom is 0.265 e. The number of amides is 1. The van der Waals surface area contributed by atoms with Gasteiger partial charge in [0.15, 0.2) is 6.10 Å². The summed E-state index contributed by atoms with van der Waals surface area (Å²) >= 11 is 6.41.